The Morgan fingerprint density at radius 2 is 1.79 bits per heavy atom. The molecule has 0 radical (unpaired) electrons. The standard InChI is InChI=1S/C23H19BrClNO2/c1-27-21-4-2-3-18(11-21)15-28-23-19(12-20(25)13-22(23)24)10-9-16-5-7-17(14-26)8-6-16/h2-8,11-13H,9-10,15H2,1H3. The molecule has 0 unspecified atom stereocenters. The Morgan fingerprint density at radius 3 is 2.50 bits per heavy atom. The first-order valence-electron chi connectivity index (χ1n) is 8.81. The van der Waals surface area contributed by atoms with E-state index in [-0.39, 0.29) is 0 Å². The number of benzene rings is 3. The number of hydrogen-bond donors (Lipinski definition) is 0. The van der Waals surface area contributed by atoms with Crippen molar-refractivity contribution in [2.45, 2.75) is 19.4 Å². The minimum Gasteiger partial charge on any atom is -0.497 e. The lowest BCUT2D eigenvalue weighted by molar-refractivity contribution is 0.300. The minimum atomic E-state index is 0.432. The van der Waals surface area contributed by atoms with Crippen molar-refractivity contribution >= 4 is 27.5 Å². The van der Waals surface area contributed by atoms with Crippen molar-refractivity contribution < 1.29 is 9.47 Å². The summed E-state index contributed by atoms with van der Waals surface area (Å²) in [5.74, 6) is 1.60. The molecule has 0 heterocycles. The zero-order valence-electron chi connectivity index (χ0n) is 15.4. The van der Waals surface area contributed by atoms with Gasteiger partial charge in [-0.25, -0.2) is 0 Å². The maximum absolute atomic E-state index is 8.93. The molecule has 28 heavy (non-hydrogen) atoms. The lowest BCUT2D eigenvalue weighted by Crippen LogP contribution is -2.01. The van der Waals surface area contributed by atoms with Gasteiger partial charge in [-0.05, 0) is 81.9 Å². The zero-order chi connectivity index (χ0) is 19.9. The number of hydrogen-bond acceptors (Lipinski definition) is 3. The van der Waals surface area contributed by atoms with E-state index in [4.69, 9.17) is 26.3 Å². The summed E-state index contributed by atoms with van der Waals surface area (Å²) in [5.41, 5.74) is 3.89. The van der Waals surface area contributed by atoms with Crippen molar-refractivity contribution in [3.05, 3.63) is 92.4 Å². The number of nitriles is 1. The summed E-state index contributed by atoms with van der Waals surface area (Å²) in [6.45, 7) is 0.432. The van der Waals surface area contributed by atoms with E-state index in [1.54, 1.807) is 7.11 Å². The topological polar surface area (TPSA) is 42.2 Å². The zero-order valence-corrected chi connectivity index (χ0v) is 17.8. The molecule has 0 saturated heterocycles. The molecule has 3 aromatic carbocycles. The van der Waals surface area contributed by atoms with Crippen molar-refractivity contribution in [3.8, 4) is 17.6 Å². The quantitative estimate of drug-likeness (QED) is 0.416. The molecule has 0 aromatic heterocycles. The highest BCUT2D eigenvalue weighted by Gasteiger charge is 2.12. The van der Waals surface area contributed by atoms with Crippen LogP contribution in [0.15, 0.2) is 65.1 Å². The number of aryl methyl sites for hydroxylation is 2. The van der Waals surface area contributed by atoms with Gasteiger partial charge in [-0.3, -0.25) is 0 Å². The number of halogens is 2. The first-order chi connectivity index (χ1) is 13.6. The van der Waals surface area contributed by atoms with Crippen LogP contribution in [0.5, 0.6) is 11.5 Å². The van der Waals surface area contributed by atoms with Crippen LogP contribution in [0.1, 0.15) is 22.3 Å². The van der Waals surface area contributed by atoms with Crippen LogP contribution >= 0.6 is 27.5 Å². The highest BCUT2D eigenvalue weighted by Crippen LogP contribution is 2.34. The van der Waals surface area contributed by atoms with Crippen molar-refractivity contribution in [1.82, 2.24) is 0 Å². The van der Waals surface area contributed by atoms with Crippen molar-refractivity contribution in [2.24, 2.45) is 0 Å². The van der Waals surface area contributed by atoms with Crippen LogP contribution in [-0.4, -0.2) is 7.11 Å². The van der Waals surface area contributed by atoms with Gasteiger partial charge in [0, 0.05) is 5.02 Å². The van der Waals surface area contributed by atoms with Crippen LogP contribution in [0.4, 0.5) is 0 Å². The molecule has 0 fully saturated rings. The third-order valence-corrected chi connectivity index (χ3v) is 5.18. The van der Waals surface area contributed by atoms with Gasteiger partial charge in [-0.1, -0.05) is 35.9 Å². The molecule has 0 N–H and O–H groups in total. The van der Waals surface area contributed by atoms with E-state index in [0.717, 1.165) is 45.5 Å². The van der Waals surface area contributed by atoms with E-state index < -0.39 is 0 Å². The number of ether oxygens (including phenoxy) is 2. The third-order valence-electron chi connectivity index (χ3n) is 4.37. The number of rotatable bonds is 7. The molecule has 3 nitrogen and oxygen atoms in total. The van der Waals surface area contributed by atoms with Crippen LogP contribution in [0.2, 0.25) is 5.02 Å². The van der Waals surface area contributed by atoms with Crippen molar-refractivity contribution in [1.29, 1.82) is 5.26 Å². The Labute approximate surface area is 178 Å². The second-order valence-corrected chi connectivity index (χ2v) is 7.62. The minimum absolute atomic E-state index is 0.432. The molecule has 3 rings (SSSR count). The smallest absolute Gasteiger partial charge is 0.137 e. The van der Waals surface area contributed by atoms with Gasteiger partial charge in [-0.2, -0.15) is 5.26 Å². The Morgan fingerprint density at radius 1 is 1.00 bits per heavy atom. The summed E-state index contributed by atoms with van der Waals surface area (Å²) >= 11 is 9.84. The van der Waals surface area contributed by atoms with E-state index in [9.17, 15) is 0 Å². The van der Waals surface area contributed by atoms with Gasteiger partial charge >= 0.3 is 0 Å². The molecule has 0 amide bonds. The molecule has 0 aliphatic rings. The Bertz CT molecular complexity index is 996. The van der Waals surface area contributed by atoms with Crippen LogP contribution < -0.4 is 9.47 Å². The van der Waals surface area contributed by atoms with Crippen LogP contribution in [0.3, 0.4) is 0 Å². The van der Waals surface area contributed by atoms with Gasteiger partial charge in [-0.15, -0.1) is 0 Å². The largest absolute Gasteiger partial charge is 0.497 e. The SMILES string of the molecule is COc1cccc(COc2c(Br)cc(Cl)cc2CCc2ccc(C#N)cc2)c1. The average Bonchev–Trinajstić information content (AvgIpc) is 2.72. The summed E-state index contributed by atoms with van der Waals surface area (Å²) in [6, 6.07) is 21.4. The van der Waals surface area contributed by atoms with Crippen LogP contribution in [-0.2, 0) is 19.4 Å². The van der Waals surface area contributed by atoms with Crippen LogP contribution in [0, 0.1) is 11.3 Å². The Hall–Kier alpha value is -2.48. The number of methoxy groups -OCH3 is 1. The van der Waals surface area contributed by atoms with Gasteiger partial charge in [0.15, 0.2) is 0 Å². The van der Waals surface area contributed by atoms with Gasteiger partial charge in [0.05, 0.1) is 23.2 Å². The van der Waals surface area contributed by atoms with Gasteiger partial charge in [0.25, 0.3) is 0 Å². The molecule has 0 saturated carbocycles. The third kappa shape index (κ3) is 5.28. The van der Waals surface area contributed by atoms with E-state index >= 15 is 0 Å². The molecule has 0 atom stereocenters. The molecule has 0 aliphatic heterocycles. The van der Waals surface area contributed by atoms with Gasteiger partial charge in [0.2, 0.25) is 0 Å². The summed E-state index contributed by atoms with van der Waals surface area (Å²) in [6.07, 6.45) is 1.60. The van der Waals surface area contributed by atoms with Crippen LogP contribution in [0.25, 0.3) is 0 Å². The maximum atomic E-state index is 8.93. The van der Waals surface area contributed by atoms with Gasteiger partial charge < -0.3 is 9.47 Å². The summed E-state index contributed by atoms with van der Waals surface area (Å²) < 4.78 is 12.2. The second kappa shape index (κ2) is 9.64. The normalized spacial score (nSPS) is 10.4. The fourth-order valence-electron chi connectivity index (χ4n) is 2.90. The Kier molecular flexibility index (Phi) is 6.97. The predicted molar refractivity (Wildman–Crippen MR) is 115 cm³/mol. The monoisotopic (exact) mass is 455 g/mol. The highest BCUT2D eigenvalue weighted by molar-refractivity contribution is 9.10. The second-order valence-electron chi connectivity index (χ2n) is 6.32. The molecule has 5 heteroatoms. The van der Waals surface area contributed by atoms with Crippen molar-refractivity contribution in [2.75, 3.05) is 7.11 Å². The molecule has 0 bridgehead atoms. The average molecular weight is 457 g/mol. The van der Waals surface area contributed by atoms with Crippen molar-refractivity contribution in [3.63, 3.8) is 0 Å². The molecule has 142 valence electrons. The van der Waals surface area contributed by atoms with E-state index in [1.165, 1.54) is 0 Å². The molecule has 3 aromatic rings. The first-order valence-corrected chi connectivity index (χ1v) is 9.99. The van der Waals surface area contributed by atoms with E-state index in [0.29, 0.717) is 17.2 Å². The lowest BCUT2D eigenvalue weighted by atomic mass is 10.0. The summed E-state index contributed by atoms with van der Waals surface area (Å²) in [4.78, 5) is 0. The van der Waals surface area contributed by atoms with Gasteiger partial charge in [0.1, 0.15) is 18.1 Å². The predicted octanol–water partition coefficient (Wildman–Crippen LogP) is 6.35. The fourth-order valence-corrected chi connectivity index (χ4v) is 3.89. The molecule has 0 aliphatic carbocycles. The number of nitrogens with zero attached hydrogens (tertiary/aromatic N) is 1. The lowest BCUT2D eigenvalue weighted by Gasteiger charge is -2.15. The maximum Gasteiger partial charge on any atom is 0.137 e. The van der Waals surface area contributed by atoms with E-state index in [1.807, 2.05) is 60.7 Å². The fraction of sp³-hybridized carbons (Fsp3) is 0.174. The summed E-state index contributed by atoms with van der Waals surface area (Å²) in [5, 5.41) is 9.59. The molecular formula is C23H19BrClNO2. The highest BCUT2D eigenvalue weighted by atomic mass is 79.9. The van der Waals surface area contributed by atoms with E-state index in [2.05, 4.69) is 22.0 Å². The first kappa shape index (κ1) is 20.3. The summed E-state index contributed by atoms with van der Waals surface area (Å²) in [7, 11) is 1.65. The molecular weight excluding hydrogens is 438 g/mol. The Balaban J connectivity index is 1.75. The molecule has 0 spiro atoms.